The van der Waals surface area contributed by atoms with E-state index in [0.29, 0.717) is 35.0 Å². The van der Waals surface area contributed by atoms with Crippen LogP contribution in [0.2, 0.25) is 0 Å². The molecule has 0 unspecified atom stereocenters. The van der Waals surface area contributed by atoms with E-state index in [-0.39, 0.29) is 11.8 Å². The van der Waals surface area contributed by atoms with Crippen LogP contribution in [0.1, 0.15) is 15.9 Å². The average Bonchev–Trinajstić information content (AvgIpc) is 3.15. The topological polar surface area (TPSA) is 87.5 Å². The standard InChI is InChI=1S/C18H16N4O3/c1-22(2)18-21-13-6-5-12(9-15(13)25-18)19-17(24)11-4-3-10-8-16(23)20-14(10)7-11/h3-7,9H,8H2,1-2H3,(H,19,24)(H,20,23). The van der Waals surface area contributed by atoms with Crippen LogP contribution in [0, 0.1) is 0 Å². The van der Waals surface area contributed by atoms with Crippen molar-refractivity contribution >= 4 is 40.3 Å². The van der Waals surface area contributed by atoms with Crippen LogP contribution < -0.4 is 15.5 Å². The molecule has 1 aliphatic rings. The van der Waals surface area contributed by atoms with Crippen molar-refractivity contribution in [2.75, 3.05) is 29.6 Å². The number of oxazole rings is 1. The Kier molecular flexibility index (Phi) is 3.42. The molecule has 1 aromatic heterocycles. The van der Waals surface area contributed by atoms with Crippen molar-refractivity contribution in [1.82, 2.24) is 4.98 Å². The van der Waals surface area contributed by atoms with Crippen LogP contribution >= 0.6 is 0 Å². The number of anilines is 3. The first-order valence-corrected chi connectivity index (χ1v) is 7.81. The molecule has 2 heterocycles. The van der Waals surface area contributed by atoms with Gasteiger partial charge >= 0.3 is 0 Å². The molecule has 7 heteroatoms. The quantitative estimate of drug-likeness (QED) is 0.768. The minimum absolute atomic E-state index is 0.0555. The average molecular weight is 336 g/mol. The molecular formula is C18H16N4O3. The molecule has 2 N–H and O–H groups in total. The Morgan fingerprint density at radius 3 is 2.88 bits per heavy atom. The number of benzene rings is 2. The van der Waals surface area contributed by atoms with Gasteiger partial charge in [-0.3, -0.25) is 9.59 Å². The van der Waals surface area contributed by atoms with E-state index in [4.69, 9.17) is 4.42 Å². The predicted molar refractivity (Wildman–Crippen MR) is 95.1 cm³/mol. The van der Waals surface area contributed by atoms with E-state index in [9.17, 15) is 9.59 Å². The van der Waals surface area contributed by atoms with Crippen LogP contribution in [-0.2, 0) is 11.2 Å². The number of fused-ring (bicyclic) bond motifs is 2. The lowest BCUT2D eigenvalue weighted by molar-refractivity contribution is -0.115. The molecule has 7 nitrogen and oxygen atoms in total. The molecule has 0 radical (unpaired) electrons. The number of hydrogen-bond donors (Lipinski definition) is 2. The first-order valence-electron chi connectivity index (χ1n) is 7.81. The van der Waals surface area contributed by atoms with Gasteiger partial charge in [-0.05, 0) is 29.8 Å². The Morgan fingerprint density at radius 1 is 1.24 bits per heavy atom. The van der Waals surface area contributed by atoms with Gasteiger partial charge in [0.15, 0.2) is 5.58 Å². The van der Waals surface area contributed by atoms with Crippen LogP contribution in [0.4, 0.5) is 17.4 Å². The number of carbonyl (C=O) groups excluding carboxylic acids is 2. The first-order chi connectivity index (χ1) is 12.0. The molecule has 4 rings (SSSR count). The normalized spacial score (nSPS) is 12.8. The van der Waals surface area contributed by atoms with Gasteiger partial charge < -0.3 is 20.0 Å². The molecule has 0 spiro atoms. The SMILES string of the molecule is CN(C)c1nc2ccc(NC(=O)c3ccc4c(c3)NC(=O)C4)cc2o1. The maximum atomic E-state index is 12.5. The second-order valence-electron chi connectivity index (χ2n) is 6.12. The highest BCUT2D eigenvalue weighted by Gasteiger charge is 2.19. The fourth-order valence-corrected chi connectivity index (χ4v) is 2.74. The van der Waals surface area contributed by atoms with Gasteiger partial charge in [0.05, 0.1) is 6.42 Å². The number of carbonyl (C=O) groups is 2. The van der Waals surface area contributed by atoms with Crippen molar-refractivity contribution in [3.05, 3.63) is 47.5 Å². The minimum atomic E-state index is -0.254. The third-order valence-corrected chi connectivity index (χ3v) is 4.01. The van der Waals surface area contributed by atoms with Crippen LogP contribution in [0.5, 0.6) is 0 Å². The van der Waals surface area contributed by atoms with E-state index in [1.165, 1.54) is 0 Å². The minimum Gasteiger partial charge on any atom is -0.423 e. The molecule has 25 heavy (non-hydrogen) atoms. The number of nitrogens with one attached hydrogen (secondary N) is 2. The summed E-state index contributed by atoms with van der Waals surface area (Å²) >= 11 is 0. The van der Waals surface area contributed by atoms with Gasteiger partial charge in [-0.2, -0.15) is 4.98 Å². The number of aromatic nitrogens is 1. The van der Waals surface area contributed by atoms with E-state index < -0.39 is 0 Å². The monoisotopic (exact) mass is 336 g/mol. The Labute approximate surface area is 143 Å². The smallest absolute Gasteiger partial charge is 0.297 e. The zero-order valence-corrected chi connectivity index (χ0v) is 13.8. The predicted octanol–water partition coefficient (Wildman–Crippen LogP) is 2.64. The van der Waals surface area contributed by atoms with Crippen LogP contribution in [-0.4, -0.2) is 30.9 Å². The number of rotatable bonds is 3. The van der Waals surface area contributed by atoms with E-state index in [2.05, 4.69) is 15.6 Å². The lowest BCUT2D eigenvalue weighted by atomic mass is 10.1. The second-order valence-corrected chi connectivity index (χ2v) is 6.12. The fraction of sp³-hybridized carbons (Fsp3) is 0.167. The Bertz CT molecular complexity index is 1010. The molecule has 2 aromatic carbocycles. The molecule has 0 bridgehead atoms. The zero-order valence-electron chi connectivity index (χ0n) is 13.8. The Balaban J connectivity index is 1.57. The summed E-state index contributed by atoms with van der Waals surface area (Å²) in [7, 11) is 3.69. The second kappa shape index (κ2) is 5.62. The maximum absolute atomic E-state index is 12.5. The summed E-state index contributed by atoms with van der Waals surface area (Å²) in [5.74, 6) is -0.310. The van der Waals surface area contributed by atoms with Gasteiger partial charge in [0.1, 0.15) is 5.52 Å². The van der Waals surface area contributed by atoms with Gasteiger partial charge in [-0.1, -0.05) is 6.07 Å². The molecule has 0 saturated heterocycles. The lowest BCUT2D eigenvalue weighted by Gasteiger charge is -2.06. The first kappa shape index (κ1) is 15.2. The Hall–Kier alpha value is -3.35. The fourth-order valence-electron chi connectivity index (χ4n) is 2.74. The van der Waals surface area contributed by atoms with Gasteiger partial charge in [0.25, 0.3) is 11.9 Å². The highest BCUT2D eigenvalue weighted by atomic mass is 16.4. The molecule has 2 amide bonds. The number of hydrogen-bond acceptors (Lipinski definition) is 5. The van der Waals surface area contributed by atoms with E-state index >= 15 is 0 Å². The molecule has 0 aliphatic carbocycles. The van der Waals surface area contributed by atoms with Gasteiger partial charge in [0.2, 0.25) is 5.91 Å². The summed E-state index contributed by atoms with van der Waals surface area (Å²) < 4.78 is 5.65. The van der Waals surface area contributed by atoms with E-state index in [0.717, 1.165) is 11.1 Å². The summed E-state index contributed by atoms with van der Waals surface area (Å²) in [6, 6.07) is 11.0. The molecular weight excluding hydrogens is 320 g/mol. The van der Waals surface area contributed by atoms with Crippen molar-refractivity contribution in [3.63, 3.8) is 0 Å². The van der Waals surface area contributed by atoms with Crippen molar-refractivity contribution in [3.8, 4) is 0 Å². The lowest BCUT2D eigenvalue weighted by Crippen LogP contribution is -2.12. The number of amides is 2. The summed E-state index contributed by atoms with van der Waals surface area (Å²) in [6.07, 6.45) is 0.355. The number of nitrogens with zero attached hydrogens (tertiary/aromatic N) is 2. The highest BCUT2D eigenvalue weighted by molar-refractivity contribution is 6.07. The van der Waals surface area contributed by atoms with Crippen molar-refractivity contribution in [2.45, 2.75) is 6.42 Å². The highest BCUT2D eigenvalue weighted by Crippen LogP contribution is 2.26. The molecule has 3 aromatic rings. The summed E-state index contributed by atoms with van der Waals surface area (Å²) in [6.45, 7) is 0. The van der Waals surface area contributed by atoms with Gasteiger partial charge in [-0.25, -0.2) is 0 Å². The molecule has 1 aliphatic heterocycles. The van der Waals surface area contributed by atoms with E-state index in [1.54, 1.807) is 41.3 Å². The van der Waals surface area contributed by atoms with Gasteiger partial charge in [0, 0.05) is 37.1 Å². The van der Waals surface area contributed by atoms with Crippen molar-refractivity contribution in [2.24, 2.45) is 0 Å². The molecule has 0 fully saturated rings. The zero-order chi connectivity index (χ0) is 17.6. The van der Waals surface area contributed by atoms with Crippen molar-refractivity contribution in [1.29, 1.82) is 0 Å². The summed E-state index contributed by atoms with van der Waals surface area (Å²) in [4.78, 5) is 30.0. The Morgan fingerprint density at radius 2 is 2.08 bits per heavy atom. The molecule has 0 atom stereocenters. The van der Waals surface area contributed by atoms with Gasteiger partial charge in [-0.15, -0.1) is 0 Å². The summed E-state index contributed by atoms with van der Waals surface area (Å²) in [5.41, 5.74) is 4.01. The van der Waals surface area contributed by atoms with Crippen LogP contribution in [0.3, 0.4) is 0 Å². The maximum Gasteiger partial charge on any atom is 0.297 e. The van der Waals surface area contributed by atoms with Crippen LogP contribution in [0.15, 0.2) is 40.8 Å². The third kappa shape index (κ3) is 2.80. The largest absolute Gasteiger partial charge is 0.423 e. The van der Waals surface area contributed by atoms with E-state index in [1.807, 2.05) is 14.1 Å². The van der Waals surface area contributed by atoms with Crippen molar-refractivity contribution < 1.29 is 14.0 Å². The molecule has 0 saturated carbocycles. The summed E-state index contributed by atoms with van der Waals surface area (Å²) in [5, 5.41) is 5.59. The molecule has 126 valence electrons. The van der Waals surface area contributed by atoms with Crippen LogP contribution in [0.25, 0.3) is 11.1 Å². The third-order valence-electron chi connectivity index (χ3n) is 4.01.